The van der Waals surface area contributed by atoms with Gasteiger partial charge < -0.3 is 0 Å². The molecule has 0 N–H and O–H groups in total. The maximum Gasteiger partial charge on any atom is 0.0234 e. The molecule has 0 bridgehead atoms. The molecule has 0 aromatic heterocycles. The summed E-state index contributed by atoms with van der Waals surface area (Å²) in [6.45, 7) is 4.58. The molecule has 0 saturated heterocycles. The predicted molar refractivity (Wildman–Crippen MR) is 60.6 cm³/mol. The van der Waals surface area contributed by atoms with Gasteiger partial charge in [0.1, 0.15) is 0 Å². The summed E-state index contributed by atoms with van der Waals surface area (Å²) < 4.78 is 0. The zero-order valence-corrected chi connectivity index (χ0v) is 11.6. The van der Waals surface area contributed by atoms with Crippen LogP contribution in [0.5, 0.6) is 0 Å². The lowest BCUT2D eigenvalue weighted by Gasteiger charge is -2.07. The van der Waals surface area contributed by atoms with E-state index in [1.807, 2.05) is 0 Å². The van der Waals surface area contributed by atoms with Gasteiger partial charge in [-0.2, -0.15) is 0 Å². The highest BCUT2D eigenvalue weighted by Crippen LogP contribution is 2.05. The molecule has 0 saturated carbocycles. The van der Waals surface area contributed by atoms with Crippen molar-refractivity contribution < 1.29 is 0 Å². The van der Waals surface area contributed by atoms with Gasteiger partial charge in [0.25, 0.3) is 0 Å². The topological polar surface area (TPSA) is 0 Å². The first-order valence-electron chi connectivity index (χ1n) is 5.14. The highest BCUT2D eigenvalue weighted by Gasteiger charge is 2.01. The molecule has 1 unspecified atom stereocenters. The molecule has 1 atom stereocenters. The minimum Gasteiger partial charge on any atom is -0.0654 e. The summed E-state index contributed by atoms with van der Waals surface area (Å²) in [6.07, 6.45) is 7.10. The van der Waals surface area contributed by atoms with E-state index in [0.29, 0.717) is 0 Å². The van der Waals surface area contributed by atoms with Gasteiger partial charge in [-0.1, -0.05) is 58.0 Å². The Bertz CT molecular complexity index is 74.0. The average Bonchev–Trinajstić information content (AvgIpc) is 2.01. The van der Waals surface area contributed by atoms with Gasteiger partial charge in [-0.15, -0.1) is 0 Å². The van der Waals surface area contributed by atoms with Crippen molar-refractivity contribution in [2.24, 2.45) is 0 Å². The van der Waals surface area contributed by atoms with Crippen molar-refractivity contribution in [3.63, 3.8) is 0 Å². The van der Waals surface area contributed by atoms with Crippen LogP contribution in [0.3, 0.4) is 0 Å². The van der Waals surface area contributed by atoms with Crippen molar-refractivity contribution >= 4 is 18.1 Å². The number of hydrogen-bond donors (Lipinski definition) is 0. The molecular formula is C9H23Si2. The smallest absolute Gasteiger partial charge is 0.0234 e. The van der Waals surface area contributed by atoms with Crippen LogP contribution < -0.4 is 0 Å². The molecule has 67 valence electrons. The van der Waals surface area contributed by atoms with Crippen LogP contribution >= 0.6 is 0 Å². The fourth-order valence-electron chi connectivity index (χ4n) is 1.25. The standard InChI is InChI=1S/C9H23Si2/c1-3-5-7-9-11(10)8-6-4-2/h9,11H,3-8H2,1-2,10H3. The number of hydrogen-bond acceptors (Lipinski definition) is 0. The minimum absolute atomic E-state index is 0.238. The molecule has 0 aliphatic heterocycles. The van der Waals surface area contributed by atoms with Gasteiger partial charge in [0.05, 0.1) is 0 Å². The minimum atomic E-state index is -0.238. The first-order chi connectivity index (χ1) is 5.31. The van der Waals surface area contributed by atoms with Crippen LogP contribution in [-0.4, -0.2) is 18.1 Å². The first-order valence-corrected chi connectivity index (χ1v) is 11.2. The van der Waals surface area contributed by atoms with Crippen LogP contribution in [0.15, 0.2) is 0 Å². The lowest BCUT2D eigenvalue weighted by atomic mass is 10.3. The molecule has 0 rings (SSSR count). The molecule has 0 aromatic carbocycles. The average molecular weight is 187 g/mol. The summed E-state index contributed by atoms with van der Waals surface area (Å²) >= 11 is 0. The second-order valence-corrected chi connectivity index (χ2v) is 11.0. The van der Waals surface area contributed by atoms with Crippen molar-refractivity contribution in [2.45, 2.75) is 52.0 Å². The molecule has 0 fully saturated rings. The first kappa shape index (κ1) is 11.4. The lowest BCUT2D eigenvalue weighted by Crippen LogP contribution is -2.13. The Balaban J connectivity index is 3.02. The van der Waals surface area contributed by atoms with Crippen LogP contribution in [0.2, 0.25) is 6.04 Å². The third-order valence-corrected chi connectivity index (χ3v) is 7.74. The molecular weight excluding hydrogens is 164 g/mol. The van der Waals surface area contributed by atoms with E-state index in [1.54, 1.807) is 6.04 Å². The van der Waals surface area contributed by atoms with Crippen LogP contribution in [0.4, 0.5) is 0 Å². The largest absolute Gasteiger partial charge is 0.0654 e. The summed E-state index contributed by atoms with van der Waals surface area (Å²) in [6, 6.07) is 4.28. The fraction of sp³-hybridized carbons (Fsp3) is 0.889. The van der Waals surface area contributed by atoms with Crippen molar-refractivity contribution in [2.75, 3.05) is 0 Å². The Labute approximate surface area is 76.6 Å². The van der Waals surface area contributed by atoms with Gasteiger partial charge in [0.15, 0.2) is 0 Å². The quantitative estimate of drug-likeness (QED) is 0.421. The zero-order chi connectivity index (χ0) is 8.53. The molecule has 11 heavy (non-hydrogen) atoms. The van der Waals surface area contributed by atoms with Crippen molar-refractivity contribution in [3.8, 4) is 0 Å². The second kappa shape index (κ2) is 8.53. The van der Waals surface area contributed by atoms with E-state index in [0.717, 1.165) is 0 Å². The van der Waals surface area contributed by atoms with Crippen LogP contribution in [0.25, 0.3) is 0 Å². The van der Waals surface area contributed by atoms with Crippen LogP contribution in [0.1, 0.15) is 46.0 Å². The summed E-state index contributed by atoms with van der Waals surface area (Å²) in [5.41, 5.74) is 0. The summed E-state index contributed by atoms with van der Waals surface area (Å²) in [5, 5.41) is 0. The molecule has 0 aliphatic carbocycles. The van der Waals surface area contributed by atoms with Crippen LogP contribution in [0, 0.1) is 6.04 Å². The van der Waals surface area contributed by atoms with E-state index < -0.39 is 0 Å². The Hall–Kier alpha value is 0.434. The zero-order valence-electron chi connectivity index (χ0n) is 8.40. The van der Waals surface area contributed by atoms with E-state index >= 15 is 0 Å². The Morgan fingerprint density at radius 1 is 1.18 bits per heavy atom. The molecule has 0 aromatic rings. The van der Waals surface area contributed by atoms with Gasteiger partial charge in [0, 0.05) is 8.31 Å². The maximum absolute atomic E-state index is 2.69. The normalized spacial score (nSPS) is 13.6. The second-order valence-electron chi connectivity index (χ2n) is 3.50. The molecule has 2 heteroatoms. The van der Waals surface area contributed by atoms with E-state index in [-0.39, 0.29) is 8.31 Å². The van der Waals surface area contributed by atoms with Gasteiger partial charge in [-0.05, 0) is 9.76 Å². The molecule has 1 radical (unpaired) electrons. The van der Waals surface area contributed by atoms with Gasteiger partial charge in [-0.3, -0.25) is 0 Å². The molecule has 0 nitrogen and oxygen atoms in total. The SMILES string of the molecule is CCCC[CH][SiH]([SiH3])CCCC. The number of rotatable bonds is 7. The van der Waals surface area contributed by atoms with Crippen molar-refractivity contribution in [1.29, 1.82) is 0 Å². The predicted octanol–water partition coefficient (Wildman–Crippen LogP) is 1.81. The molecule has 0 aliphatic rings. The summed E-state index contributed by atoms with van der Waals surface area (Å²) in [7, 11) is 1.27. The maximum atomic E-state index is 2.69. The Kier molecular flexibility index (Phi) is 8.87. The third kappa shape index (κ3) is 8.34. The van der Waals surface area contributed by atoms with Crippen molar-refractivity contribution in [3.05, 3.63) is 6.04 Å². The van der Waals surface area contributed by atoms with Crippen molar-refractivity contribution in [1.82, 2.24) is 0 Å². The highest BCUT2D eigenvalue weighted by molar-refractivity contribution is 7.05. The lowest BCUT2D eigenvalue weighted by molar-refractivity contribution is 0.800. The highest BCUT2D eigenvalue weighted by atomic mass is 29.1. The molecule has 0 heterocycles. The molecule has 0 amide bonds. The summed E-state index contributed by atoms with van der Waals surface area (Å²) in [4.78, 5) is 0. The number of unbranched alkanes of at least 4 members (excludes halogenated alkanes) is 3. The van der Waals surface area contributed by atoms with E-state index in [9.17, 15) is 0 Å². The van der Waals surface area contributed by atoms with Gasteiger partial charge >= 0.3 is 0 Å². The van der Waals surface area contributed by atoms with E-state index in [2.05, 4.69) is 19.9 Å². The Morgan fingerprint density at radius 2 is 1.82 bits per heavy atom. The van der Waals surface area contributed by atoms with Gasteiger partial charge in [0.2, 0.25) is 0 Å². The van der Waals surface area contributed by atoms with Gasteiger partial charge in [-0.25, -0.2) is 0 Å². The van der Waals surface area contributed by atoms with E-state index in [4.69, 9.17) is 0 Å². The third-order valence-electron chi connectivity index (χ3n) is 2.14. The summed E-state index contributed by atoms with van der Waals surface area (Å²) in [5.74, 6) is 0. The molecule has 0 spiro atoms. The van der Waals surface area contributed by atoms with Crippen LogP contribution in [-0.2, 0) is 0 Å². The Morgan fingerprint density at radius 3 is 2.36 bits per heavy atom. The fourth-order valence-corrected chi connectivity index (χ4v) is 5.57. The van der Waals surface area contributed by atoms with E-state index in [1.165, 1.54) is 41.9 Å². The monoisotopic (exact) mass is 187 g/mol.